The molecule has 0 bridgehead atoms. The molecular weight excluding hydrogens is 376 g/mol. The third-order valence-electron chi connectivity index (χ3n) is 5.35. The van der Waals surface area contributed by atoms with E-state index in [1.54, 1.807) is 18.2 Å². The number of anilines is 1. The molecule has 1 fully saturated rings. The van der Waals surface area contributed by atoms with Gasteiger partial charge in [0.2, 0.25) is 11.8 Å². The molecule has 154 valence electrons. The predicted molar refractivity (Wildman–Crippen MR) is 116 cm³/mol. The first-order valence-corrected chi connectivity index (χ1v) is 10.3. The molecule has 0 atom stereocenters. The Morgan fingerprint density at radius 2 is 1.70 bits per heavy atom. The van der Waals surface area contributed by atoms with Crippen molar-refractivity contribution in [2.24, 2.45) is 5.92 Å². The Morgan fingerprint density at radius 3 is 2.40 bits per heavy atom. The molecule has 5 nitrogen and oxygen atoms in total. The average molecular weight is 402 g/mol. The molecule has 1 aliphatic carbocycles. The fraction of sp³-hybridized carbons (Fsp3) is 0.280. The third-order valence-corrected chi connectivity index (χ3v) is 5.35. The maximum atomic E-state index is 13.0. The lowest BCUT2D eigenvalue weighted by Gasteiger charge is -2.24. The topological polar surface area (TPSA) is 53.8 Å². The number of furan rings is 1. The smallest absolute Gasteiger partial charge is 0.230 e. The number of benzene rings is 2. The van der Waals surface area contributed by atoms with E-state index in [1.807, 2.05) is 71.6 Å². The van der Waals surface area contributed by atoms with Gasteiger partial charge in [0.1, 0.15) is 5.76 Å². The van der Waals surface area contributed by atoms with Gasteiger partial charge in [-0.25, -0.2) is 0 Å². The van der Waals surface area contributed by atoms with Gasteiger partial charge in [-0.3, -0.25) is 9.59 Å². The summed E-state index contributed by atoms with van der Waals surface area (Å²) in [7, 11) is 1.77. The zero-order chi connectivity index (χ0) is 20.9. The van der Waals surface area contributed by atoms with Crippen LogP contribution in [0.4, 0.5) is 5.69 Å². The van der Waals surface area contributed by atoms with Gasteiger partial charge in [-0.2, -0.15) is 0 Å². The Balaban J connectivity index is 1.49. The number of carbonyl (C=O) groups is 2. The van der Waals surface area contributed by atoms with Crippen LogP contribution in [0.3, 0.4) is 0 Å². The lowest BCUT2D eigenvalue weighted by atomic mass is 10.1. The van der Waals surface area contributed by atoms with Crippen LogP contribution in [0.2, 0.25) is 0 Å². The van der Waals surface area contributed by atoms with Gasteiger partial charge in [0, 0.05) is 18.7 Å². The minimum atomic E-state index is 0.00618. The number of likely N-dealkylation sites (N-methyl/N-ethyl adjacent to an activating group) is 1. The van der Waals surface area contributed by atoms with Crippen molar-refractivity contribution in [2.45, 2.75) is 32.4 Å². The Labute approximate surface area is 176 Å². The molecule has 2 amide bonds. The Morgan fingerprint density at radius 1 is 0.933 bits per heavy atom. The summed E-state index contributed by atoms with van der Waals surface area (Å²) in [5.74, 6) is 1.05. The van der Waals surface area contributed by atoms with Gasteiger partial charge in [0.15, 0.2) is 0 Å². The van der Waals surface area contributed by atoms with Crippen molar-refractivity contribution in [2.75, 3.05) is 11.9 Å². The first-order valence-electron chi connectivity index (χ1n) is 10.3. The van der Waals surface area contributed by atoms with Gasteiger partial charge in [-0.1, -0.05) is 42.5 Å². The minimum Gasteiger partial charge on any atom is -0.467 e. The second kappa shape index (κ2) is 8.99. The predicted octanol–water partition coefficient (Wildman–Crippen LogP) is 4.42. The third kappa shape index (κ3) is 4.98. The van der Waals surface area contributed by atoms with Crippen LogP contribution in [-0.2, 0) is 29.1 Å². The molecule has 1 heterocycles. The molecule has 0 unspecified atom stereocenters. The molecule has 0 radical (unpaired) electrons. The van der Waals surface area contributed by atoms with Crippen molar-refractivity contribution >= 4 is 17.5 Å². The molecule has 1 aromatic heterocycles. The fourth-order valence-corrected chi connectivity index (χ4v) is 3.48. The van der Waals surface area contributed by atoms with Crippen LogP contribution in [0.15, 0.2) is 77.4 Å². The summed E-state index contributed by atoms with van der Waals surface area (Å²) < 4.78 is 5.33. The van der Waals surface area contributed by atoms with Crippen LogP contribution in [-0.4, -0.2) is 23.8 Å². The quantitative estimate of drug-likeness (QED) is 0.560. The fourth-order valence-electron chi connectivity index (χ4n) is 3.48. The molecule has 0 N–H and O–H groups in total. The van der Waals surface area contributed by atoms with Gasteiger partial charge < -0.3 is 14.2 Å². The van der Waals surface area contributed by atoms with Gasteiger partial charge in [0.05, 0.1) is 25.8 Å². The summed E-state index contributed by atoms with van der Waals surface area (Å²) in [5.41, 5.74) is 2.83. The highest BCUT2D eigenvalue weighted by atomic mass is 16.3. The first kappa shape index (κ1) is 20.0. The van der Waals surface area contributed by atoms with E-state index in [9.17, 15) is 9.59 Å². The van der Waals surface area contributed by atoms with Crippen LogP contribution in [0.5, 0.6) is 0 Å². The van der Waals surface area contributed by atoms with E-state index in [1.165, 1.54) is 0 Å². The summed E-state index contributed by atoms with van der Waals surface area (Å²) in [6.07, 6.45) is 3.80. The van der Waals surface area contributed by atoms with Gasteiger partial charge >= 0.3 is 0 Å². The highest BCUT2D eigenvalue weighted by molar-refractivity contribution is 5.96. The zero-order valence-electron chi connectivity index (χ0n) is 17.2. The van der Waals surface area contributed by atoms with Crippen molar-refractivity contribution in [3.05, 3.63) is 89.9 Å². The number of hydrogen-bond acceptors (Lipinski definition) is 3. The van der Waals surface area contributed by atoms with E-state index in [0.29, 0.717) is 13.1 Å². The largest absolute Gasteiger partial charge is 0.467 e. The summed E-state index contributed by atoms with van der Waals surface area (Å²) in [4.78, 5) is 29.1. The van der Waals surface area contributed by atoms with Gasteiger partial charge in [-0.15, -0.1) is 0 Å². The molecule has 4 rings (SSSR count). The van der Waals surface area contributed by atoms with Crippen molar-refractivity contribution in [1.82, 2.24) is 4.90 Å². The monoisotopic (exact) mass is 402 g/mol. The second-order valence-electron chi connectivity index (χ2n) is 7.86. The van der Waals surface area contributed by atoms with E-state index in [0.717, 1.165) is 35.4 Å². The number of carbonyl (C=O) groups excluding carboxylic acids is 2. The molecule has 0 saturated heterocycles. The standard InChI is InChI=1S/C25H26N2O3/c1-26(18-23-11-6-14-30-23)24(28)16-20-9-5-10-22(15-20)27(25(29)21-12-13-21)17-19-7-3-2-4-8-19/h2-11,14-15,21H,12-13,16-18H2,1H3. The highest BCUT2D eigenvalue weighted by Crippen LogP contribution is 2.33. The molecule has 0 aliphatic heterocycles. The lowest BCUT2D eigenvalue weighted by Crippen LogP contribution is -2.32. The molecular formula is C25H26N2O3. The Kier molecular flexibility index (Phi) is 5.98. The molecule has 1 saturated carbocycles. The van der Waals surface area contributed by atoms with Crippen LogP contribution in [0.1, 0.15) is 29.7 Å². The molecule has 1 aliphatic rings. The first-order chi connectivity index (χ1) is 14.6. The number of amides is 2. The maximum absolute atomic E-state index is 13.0. The second-order valence-corrected chi connectivity index (χ2v) is 7.86. The molecule has 0 spiro atoms. The van der Waals surface area contributed by atoms with Crippen LogP contribution in [0, 0.1) is 5.92 Å². The summed E-state index contributed by atoms with van der Waals surface area (Å²) in [6, 6.07) is 21.4. The Hall–Kier alpha value is -3.34. The minimum absolute atomic E-state index is 0.00618. The highest BCUT2D eigenvalue weighted by Gasteiger charge is 2.34. The van der Waals surface area contributed by atoms with E-state index >= 15 is 0 Å². The maximum Gasteiger partial charge on any atom is 0.230 e. The SMILES string of the molecule is CN(Cc1ccco1)C(=O)Cc1cccc(N(Cc2ccccc2)C(=O)C2CC2)c1. The van der Waals surface area contributed by atoms with E-state index in [4.69, 9.17) is 4.42 Å². The number of rotatable bonds is 8. The molecule has 3 aromatic rings. The normalized spacial score (nSPS) is 13.1. The van der Waals surface area contributed by atoms with Crippen LogP contribution >= 0.6 is 0 Å². The number of hydrogen-bond donors (Lipinski definition) is 0. The zero-order valence-corrected chi connectivity index (χ0v) is 17.2. The van der Waals surface area contributed by atoms with Crippen LogP contribution in [0.25, 0.3) is 0 Å². The summed E-state index contributed by atoms with van der Waals surface area (Å²) >= 11 is 0. The van der Waals surface area contributed by atoms with Crippen molar-refractivity contribution < 1.29 is 14.0 Å². The Bertz CT molecular complexity index is 994. The van der Waals surface area contributed by atoms with Gasteiger partial charge in [0.25, 0.3) is 0 Å². The lowest BCUT2D eigenvalue weighted by molar-refractivity contribution is -0.129. The van der Waals surface area contributed by atoms with E-state index < -0.39 is 0 Å². The van der Waals surface area contributed by atoms with E-state index in [2.05, 4.69) is 0 Å². The van der Waals surface area contributed by atoms with Crippen molar-refractivity contribution in [3.63, 3.8) is 0 Å². The summed E-state index contributed by atoms with van der Waals surface area (Å²) in [5, 5.41) is 0. The summed E-state index contributed by atoms with van der Waals surface area (Å²) in [6.45, 7) is 0.970. The van der Waals surface area contributed by atoms with E-state index in [-0.39, 0.29) is 24.2 Å². The average Bonchev–Trinajstić information content (AvgIpc) is 3.49. The van der Waals surface area contributed by atoms with Crippen LogP contribution < -0.4 is 4.90 Å². The van der Waals surface area contributed by atoms with Crippen molar-refractivity contribution in [3.8, 4) is 0 Å². The molecule has 5 heteroatoms. The molecule has 30 heavy (non-hydrogen) atoms. The number of nitrogens with zero attached hydrogens (tertiary/aromatic N) is 2. The molecule has 2 aromatic carbocycles. The van der Waals surface area contributed by atoms with Gasteiger partial charge in [-0.05, 0) is 48.2 Å². The van der Waals surface area contributed by atoms with Crippen molar-refractivity contribution in [1.29, 1.82) is 0 Å².